The van der Waals surface area contributed by atoms with Gasteiger partial charge in [-0.1, -0.05) is 88.0 Å². The summed E-state index contributed by atoms with van der Waals surface area (Å²) in [6.07, 6.45) is 4.60. The molecule has 0 saturated carbocycles. The minimum absolute atomic E-state index is 0.0228. The maximum Gasteiger partial charge on any atom is 0.269 e. The highest BCUT2D eigenvalue weighted by Crippen LogP contribution is 2.34. The molecule has 0 amide bonds. The Hall–Kier alpha value is -1.53. The molecule has 0 unspecified atom stereocenters. The summed E-state index contributed by atoms with van der Waals surface area (Å²) in [5.41, 5.74) is 2.73. The van der Waals surface area contributed by atoms with Crippen LogP contribution >= 0.6 is 31.9 Å². The van der Waals surface area contributed by atoms with Crippen molar-refractivity contribution >= 4 is 43.3 Å². The van der Waals surface area contributed by atoms with Gasteiger partial charge >= 0.3 is 0 Å². The van der Waals surface area contributed by atoms with Gasteiger partial charge in [-0.2, -0.15) is 0 Å². The summed E-state index contributed by atoms with van der Waals surface area (Å²) < 4.78 is 0. The fourth-order valence-corrected chi connectivity index (χ4v) is 3.77. The minimum Gasteiger partial charge on any atom is -0.293 e. The predicted octanol–water partition coefficient (Wildman–Crippen LogP) is 6.41. The van der Waals surface area contributed by atoms with Crippen molar-refractivity contribution in [3.8, 4) is 0 Å². The van der Waals surface area contributed by atoms with Gasteiger partial charge in [0.2, 0.25) is 0 Å². The van der Waals surface area contributed by atoms with E-state index >= 15 is 0 Å². The molecule has 0 saturated heterocycles. The number of rotatable bonds is 9. The number of nitro groups is 1. The number of alkyl halides is 2. The van der Waals surface area contributed by atoms with E-state index in [-0.39, 0.29) is 16.3 Å². The Morgan fingerprint density at radius 1 is 1.04 bits per heavy atom. The first-order valence-corrected chi connectivity index (χ1v) is 10.4. The van der Waals surface area contributed by atoms with E-state index in [2.05, 4.69) is 38.8 Å². The van der Waals surface area contributed by atoms with Gasteiger partial charge in [-0.05, 0) is 24.0 Å². The SMILES string of the molecule is CCCCCc1ccc(C(=O)[C@H](Br)[C@H](Br)c2ccc([N+](=O)[O-])cc2)cc1. The molecule has 0 aliphatic rings. The number of aryl methyl sites for hydroxylation is 1. The monoisotopic (exact) mass is 481 g/mol. The van der Waals surface area contributed by atoms with Crippen LogP contribution in [0.3, 0.4) is 0 Å². The van der Waals surface area contributed by atoms with Crippen molar-refractivity contribution in [3.63, 3.8) is 0 Å². The lowest BCUT2D eigenvalue weighted by Crippen LogP contribution is -2.19. The summed E-state index contributed by atoms with van der Waals surface area (Å²) >= 11 is 7.00. The van der Waals surface area contributed by atoms with Crippen molar-refractivity contribution in [3.05, 3.63) is 75.3 Å². The van der Waals surface area contributed by atoms with Crippen molar-refractivity contribution < 1.29 is 9.72 Å². The molecule has 2 rings (SSSR count). The van der Waals surface area contributed by atoms with Crippen molar-refractivity contribution in [2.75, 3.05) is 0 Å². The molecule has 2 aromatic carbocycles. The Kier molecular flexibility index (Phi) is 7.97. The number of nitro benzene ring substituents is 1. The van der Waals surface area contributed by atoms with Crippen LogP contribution in [0.2, 0.25) is 0 Å². The fourth-order valence-electron chi connectivity index (χ4n) is 2.66. The molecule has 0 aromatic heterocycles. The Bertz CT molecular complexity index is 745. The molecule has 6 heteroatoms. The summed E-state index contributed by atoms with van der Waals surface area (Å²) in [4.78, 5) is 22.3. The van der Waals surface area contributed by atoms with Gasteiger partial charge in [-0.25, -0.2) is 0 Å². The van der Waals surface area contributed by atoms with Crippen LogP contribution in [0.25, 0.3) is 0 Å². The molecule has 26 heavy (non-hydrogen) atoms. The van der Waals surface area contributed by atoms with Gasteiger partial charge in [0, 0.05) is 17.7 Å². The van der Waals surface area contributed by atoms with Crippen molar-refractivity contribution in [1.29, 1.82) is 0 Å². The van der Waals surface area contributed by atoms with Crippen LogP contribution in [-0.2, 0) is 6.42 Å². The van der Waals surface area contributed by atoms with Gasteiger partial charge in [0.1, 0.15) is 0 Å². The van der Waals surface area contributed by atoms with E-state index in [1.54, 1.807) is 12.1 Å². The highest BCUT2D eigenvalue weighted by atomic mass is 79.9. The number of unbranched alkanes of at least 4 members (excludes halogenated alkanes) is 2. The van der Waals surface area contributed by atoms with Crippen molar-refractivity contribution in [2.24, 2.45) is 0 Å². The van der Waals surface area contributed by atoms with E-state index in [9.17, 15) is 14.9 Å². The van der Waals surface area contributed by atoms with E-state index in [1.165, 1.54) is 30.5 Å². The second-order valence-corrected chi connectivity index (χ2v) is 8.14. The highest BCUT2D eigenvalue weighted by Gasteiger charge is 2.26. The second-order valence-electron chi connectivity index (χ2n) is 6.17. The molecular weight excluding hydrogens is 462 g/mol. The molecule has 0 spiro atoms. The number of hydrogen-bond acceptors (Lipinski definition) is 3. The predicted molar refractivity (Wildman–Crippen MR) is 111 cm³/mol. The molecule has 0 fully saturated rings. The molecule has 4 nitrogen and oxygen atoms in total. The average Bonchev–Trinajstić information content (AvgIpc) is 2.67. The van der Waals surface area contributed by atoms with Crippen LogP contribution in [0.1, 0.15) is 52.5 Å². The number of hydrogen-bond donors (Lipinski definition) is 0. The molecule has 0 bridgehead atoms. The van der Waals surface area contributed by atoms with E-state index in [0.29, 0.717) is 5.56 Å². The number of non-ortho nitro benzene ring substituents is 1. The van der Waals surface area contributed by atoms with Crippen molar-refractivity contribution in [1.82, 2.24) is 0 Å². The highest BCUT2D eigenvalue weighted by molar-refractivity contribution is 9.12. The van der Waals surface area contributed by atoms with E-state index in [4.69, 9.17) is 0 Å². The topological polar surface area (TPSA) is 60.2 Å². The van der Waals surface area contributed by atoms with E-state index in [0.717, 1.165) is 18.4 Å². The molecule has 138 valence electrons. The normalized spacial score (nSPS) is 13.2. The molecule has 0 N–H and O–H groups in total. The lowest BCUT2D eigenvalue weighted by Gasteiger charge is -2.16. The quantitative estimate of drug-likeness (QED) is 0.136. The van der Waals surface area contributed by atoms with Gasteiger partial charge < -0.3 is 0 Å². The summed E-state index contributed by atoms with van der Waals surface area (Å²) in [6, 6.07) is 14.0. The lowest BCUT2D eigenvalue weighted by atomic mass is 10.00. The van der Waals surface area contributed by atoms with E-state index < -0.39 is 9.75 Å². The van der Waals surface area contributed by atoms with Crippen LogP contribution in [0, 0.1) is 10.1 Å². The van der Waals surface area contributed by atoms with Gasteiger partial charge in [0.15, 0.2) is 5.78 Å². The van der Waals surface area contributed by atoms with Crippen molar-refractivity contribution in [2.45, 2.75) is 42.3 Å². The summed E-state index contributed by atoms with van der Waals surface area (Å²) in [7, 11) is 0. The Labute approximate surface area is 170 Å². The fraction of sp³-hybridized carbons (Fsp3) is 0.350. The summed E-state index contributed by atoms with van der Waals surface area (Å²) in [6.45, 7) is 2.18. The zero-order chi connectivity index (χ0) is 19.1. The summed E-state index contributed by atoms with van der Waals surface area (Å²) in [5, 5.41) is 10.8. The molecule has 0 radical (unpaired) electrons. The number of Topliss-reactive ketones (excluding diaryl/α,β-unsaturated/α-hetero) is 1. The lowest BCUT2D eigenvalue weighted by molar-refractivity contribution is -0.384. The number of benzene rings is 2. The third kappa shape index (κ3) is 5.48. The maximum absolute atomic E-state index is 12.7. The van der Waals surface area contributed by atoms with Crippen LogP contribution < -0.4 is 0 Å². The Morgan fingerprint density at radius 2 is 1.65 bits per heavy atom. The molecule has 2 aromatic rings. The smallest absolute Gasteiger partial charge is 0.269 e. The number of carbonyl (C=O) groups is 1. The van der Waals surface area contributed by atoms with Crippen LogP contribution in [0.4, 0.5) is 5.69 Å². The number of halogens is 2. The third-order valence-corrected chi connectivity index (χ3v) is 6.95. The molecular formula is C20H21Br2NO3. The molecule has 0 aliphatic heterocycles. The van der Waals surface area contributed by atoms with Crippen LogP contribution in [-0.4, -0.2) is 15.5 Å². The number of nitrogens with zero attached hydrogens (tertiary/aromatic N) is 1. The second kappa shape index (κ2) is 9.97. The Morgan fingerprint density at radius 3 is 2.19 bits per heavy atom. The standard InChI is InChI=1S/C20H21Br2NO3/c1-2-3-4-5-14-6-8-16(9-7-14)20(24)19(22)18(21)15-10-12-17(13-11-15)23(25)26/h6-13,18-19H,2-5H2,1H3/t18-,19-/m1/s1. The van der Waals surface area contributed by atoms with Crippen LogP contribution in [0.15, 0.2) is 48.5 Å². The van der Waals surface area contributed by atoms with Crippen LogP contribution in [0.5, 0.6) is 0 Å². The number of ketones is 1. The van der Waals surface area contributed by atoms with Gasteiger partial charge in [-0.3, -0.25) is 14.9 Å². The van der Waals surface area contributed by atoms with E-state index in [1.807, 2.05) is 24.3 Å². The molecule has 0 heterocycles. The first-order valence-electron chi connectivity index (χ1n) is 8.59. The van der Waals surface area contributed by atoms with Gasteiger partial charge in [-0.15, -0.1) is 0 Å². The van der Waals surface area contributed by atoms with Gasteiger partial charge in [0.25, 0.3) is 5.69 Å². The molecule has 0 aliphatic carbocycles. The van der Waals surface area contributed by atoms with Gasteiger partial charge in [0.05, 0.1) is 14.6 Å². The number of carbonyl (C=O) groups excluding carboxylic acids is 1. The zero-order valence-electron chi connectivity index (χ0n) is 14.5. The minimum atomic E-state index is -0.463. The first kappa shape index (κ1) is 20.8. The summed E-state index contributed by atoms with van der Waals surface area (Å²) in [5.74, 6) is -0.0228. The zero-order valence-corrected chi connectivity index (χ0v) is 17.7. The third-order valence-electron chi connectivity index (χ3n) is 4.24. The average molecular weight is 483 g/mol. The molecule has 2 atom stereocenters. The maximum atomic E-state index is 12.7. The first-order chi connectivity index (χ1) is 12.4. The Balaban J connectivity index is 2.04. The largest absolute Gasteiger partial charge is 0.293 e.